The van der Waals surface area contributed by atoms with E-state index in [0.29, 0.717) is 17.6 Å². The second kappa shape index (κ2) is 3.96. The van der Waals surface area contributed by atoms with Crippen LogP contribution in [0.5, 0.6) is 0 Å². The van der Waals surface area contributed by atoms with Crippen molar-refractivity contribution >= 4 is 11.3 Å². The molecule has 0 spiro atoms. The van der Waals surface area contributed by atoms with Crippen molar-refractivity contribution in [2.24, 2.45) is 7.05 Å². The summed E-state index contributed by atoms with van der Waals surface area (Å²) in [5.74, 6) is 0.0794. The lowest BCUT2D eigenvalue weighted by molar-refractivity contribution is 0.0976. The molecular formula is C12H14N2O2. The van der Waals surface area contributed by atoms with E-state index in [2.05, 4.69) is 0 Å². The van der Waals surface area contributed by atoms with E-state index in [9.17, 15) is 9.59 Å². The van der Waals surface area contributed by atoms with E-state index < -0.39 is 0 Å². The van der Waals surface area contributed by atoms with Crippen molar-refractivity contribution in [1.29, 1.82) is 0 Å². The molecule has 0 fully saturated rings. The zero-order valence-electron chi connectivity index (χ0n) is 9.43. The normalized spacial score (nSPS) is 10.9. The Hall–Kier alpha value is -1.84. The summed E-state index contributed by atoms with van der Waals surface area (Å²) >= 11 is 0. The van der Waals surface area contributed by atoms with E-state index in [1.54, 1.807) is 36.0 Å². The Labute approximate surface area is 93.1 Å². The Bertz CT molecular complexity index is 593. The van der Waals surface area contributed by atoms with Crippen molar-refractivity contribution in [2.75, 3.05) is 0 Å². The van der Waals surface area contributed by atoms with Gasteiger partial charge in [-0.05, 0) is 18.6 Å². The average Bonchev–Trinajstić information content (AvgIpc) is 2.68. The number of carbonyl (C=O) groups excluding carboxylic acids is 1. The van der Waals surface area contributed by atoms with Gasteiger partial charge in [-0.15, -0.1) is 0 Å². The summed E-state index contributed by atoms with van der Waals surface area (Å²) in [7, 11) is 1.70. The van der Waals surface area contributed by atoms with Crippen LogP contribution in [0.1, 0.15) is 30.3 Å². The highest BCUT2D eigenvalue weighted by molar-refractivity contribution is 5.95. The van der Waals surface area contributed by atoms with Crippen LogP contribution in [0.25, 0.3) is 5.52 Å². The summed E-state index contributed by atoms with van der Waals surface area (Å²) in [6.07, 6.45) is 4.75. The van der Waals surface area contributed by atoms with Gasteiger partial charge in [-0.3, -0.25) is 9.59 Å². The third-order valence-electron chi connectivity index (χ3n) is 2.66. The Morgan fingerprint density at radius 3 is 2.75 bits per heavy atom. The van der Waals surface area contributed by atoms with E-state index in [0.717, 1.165) is 6.42 Å². The van der Waals surface area contributed by atoms with Crippen LogP contribution in [0.4, 0.5) is 0 Å². The monoisotopic (exact) mass is 218 g/mol. The second-order valence-electron chi connectivity index (χ2n) is 3.86. The summed E-state index contributed by atoms with van der Waals surface area (Å²) in [5.41, 5.74) is 1.05. The average molecular weight is 218 g/mol. The standard InChI is InChI=1S/C12H14N2O2/c1-3-4-11(15)9-5-6-10-12(16)13(2)7-8-14(9)10/h5-8H,3-4H2,1-2H3. The molecule has 0 unspecified atom stereocenters. The van der Waals surface area contributed by atoms with Crippen LogP contribution in [0, 0.1) is 0 Å². The van der Waals surface area contributed by atoms with E-state index in [1.165, 1.54) is 4.57 Å². The Balaban J connectivity index is 2.63. The number of hydrogen-bond acceptors (Lipinski definition) is 2. The largest absolute Gasteiger partial charge is 0.315 e. The molecule has 0 amide bonds. The summed E-state index contributed by atoms with van der Waals surface area (Å²) in [4.78, 5) is 23.5. The molecule has 2 rings (SSSR count). The first-order valence-electron chi connectivity index (χ1n) is 5.35. The minimum absolute atomic E-state index is 0.0794. The predicted molar refractivity (Wildman–Crippen MR) is 61.9 cm³/mol. The minimum Gasteiger partial charge on any atom is -0.315 e. The van der Waals surface area contributed by atoms with Crippen LogP contribution in [-0.4, -0.2) is 14.8 Å². The van der Waals surface area contributed by atoms with Crippen LogP contribution in [-0.2, 0) is 7.05 Å². The number of aromatic nitrogens is 2. The maximum atomic E-state index is 11.8. The molecule has 0 radical (unpaired) electrons. The van der Waals surface area contributed by atoms with Gasteiger partial charge in [0.05, 0.1) is 5.69 Å². The number of Topliss-reactive ketones (excluding diaryl/α,β-unsaturated/α-hetero) is 1. The lowest BCUT2D eigenvalue weighted by Gasteiger charge is -2.02. The minimum atomic E-state index is -0.0851. The highest BCUT2D eigenvalue weighted by atomic mass is 16.1. The molecule has 0 bridgehead atoms. The SMILES string of the molecule is CCCC(=O)c1ccc2c(=O)n(C)ccn12. The zero-order chi connectivity index (χ0) is 11.7. The molecule has 2 aromatic heterocycles. The van der Waals surface area contributed by atoms with E-state index in [1.807, 2.05) is 6.92 Å². The lowest BCUT2D eigenvalue weighted by atomic mass is 10.2. The summed E-state index contributed by atoms with van der Waals surface area (Å²) in [6.45, 7) is 1.97. The molecule has 4 nitrogen and oxygen atoms in total. The number of hydrogen-bond donors (Lipinski definition) is 0. The summed E-state index contributed by atoms with van der Waals surface area (Å²) in [5, 5.41) is 0. The van der Waals surface area contributed by atoms with Crippen molar-refractivity contribution in [3.8, 4) is 0 Å². The topological polar surface area (TPSA) is 43.5 Å². The predicted octanol–water partition coefficient (Wildman–Crippen LogP) is 1.62. The third kappa shape index (κ3) is 1.56. The van der Waals surface area contributed by atoms with Gasteiger partial charge in [-0.25, -0.2) is 0 Å². The fraction of sp³-hybridized carbons (Fsp3) is 0.333. The van der Waals surface area contributed by atoms with Gasteiger partial charge in [0, 0.05) is 25.9 Å². The van der Waals surface area contributed by atoms with Crippen LogP contribution in [0.3, 0.4) is 0 Å². The van der Waals surface area contributed by atoms with Crippen molar-refractivity contribution < 1.29 is 4.79 Å². The lowest BCUT2D eigenvalue weighted by Crippen LogP contribution is -2.18. The molecule has 84 valence electrons. The molecule has 0 saturated heterocycles. The van der Waals surface area contributed by atoms with Gasteiger partial charge in [0.2, 0.25) is 0 Å². The molecule has 0 N–H and O–H groups in total. The van der Waals surface area contributed by atoms with Crippen LogP contribution in [0.2, 0.25) is 0 Å². The molecule has 0 aromatic carbocycles. The molecule has 0 atom stereocenters. The first kappa shape index (κ1) is 10.7. The molecule has 0 aliphatic rings. The Morgan fingerprint density at radius 1 is 1.31 bits per heavy atom. The van der Waals surface area contributed by atoms with Gasteiger partial charge in [0.25, 0.3) is 5.56 Å². The van der Waals surface area contributed by atoms with Gasteiger partial charge >= 0.3 is 0 Å². The third-order valence-corrected chi connectivity index (χ3v) is 2.66. The summed E-state index contributed by atoms with van der Waals surface area (Å²) < 4.78 is 3.17. The molecule has 2 aromatic rings. The number of fused-ring (bicyclic) bond motifs is 1. The highest BCUT2D eigenvalue weighted by Crippen LogP contribution is 2.09. The van der Waals surface area contributed by atoms with Gasteiger partial charge < -0.3 is 8.97 Å². The Morgan fingerprint density at radius 2 is 2.06 bits per heavy atom. The number of carbonyl (C=O) groups is 1. The molecule has 0 saturated carbocycles. The van der Waals surface area contributed by atoms with Gasteiger partial charge in [-0.1, -0.05) is 6.92 Å². The van der Waals surface area contributed by atoms with Gasteiger partial charge in [0.1, 0.15) is 5.52 Å². The number of rotatable bonds is 3. The van der Waals surface area contributed by atoms with E-state index in [4.69, 9.17) is 0 Å². The molecule has 4 heteroatoms. The second-order valence-corrected chi connectivity index (χ2v) is 3.86. The number of nitrogens with zero attached hydrogens (tertiary/aromatic N) is 2. The van der Waals surface area contributed by atoms with E-state index in [-0.39, 0.29) is 11.3 Å². The fourth-order valence-electron chi connectivity index (χ4n) is 1.78. The molecular weight excluding hydrogens is 204 g/mol. The van der Waals surface area contributed by atoms with Crippen LogP contribution >= 0.6 is 0 Å². The molecule has 16 heavy (non-hydrogen) atoms. The first-order chi connectivity index (χ1) is 7.65. The van der Waals surface area contributed by atoms with Gasteiger partial charge in [0.15, 0.2) is 5.78 Å². The fourth-order valence-corrected chi connectivity index (χ4v) is 1.78. The van der Waals surface area contributed by atoms with Crippen LogP contribution < -0.4 is 5.56 Å². The molecule has 2 heterocycles. The zero-order valence-corrected chi connectivity index (χ0v) is 9.43. The van der Waals surface area contributed by atoms with Crippen molar-refractivity contribution in [2.45, 2.75) is 19.8 Å². The van der Waals surface area contributed by atoms with Crippen molar-refractivity contribution in [3.05, 3.63) is 40.6 Å². The molecule has 0 aliphatic heterocycles. The maximum absolute atomic E-state index is 11.8. The smallest absolute Gasteiger partial charge is 0.274 e. The number of aryl methyl sites for hydroxylation is 1. The Kier molecular flexibility index (Phi) is 2.64. The number of ketones is 1. The van der Waals surface area contributed by atoms with Crippen molar-refractivity contribution in [1.82, 2.24) is 8.97 Å². The summed E-state index contributed by atoms with van der Waals surface area (Å²) in [6, 6.07) is 3.42. The highest BCUT2D eigenvalue weighted by Gasteiger charge is 2.11. The van der Waals surface area contributed by atoms with Gasteiger partial charge in [-0.2, -0.15) is 0 Å². The molecule has 0 aliphatic carbocycles. The maximum Gasteiger partial charge on any atom is 0.274 e. The quantitative estimate of drug-likeness (QED) is 0.735. The first-order valence-corrected chi connectivity index (χ1v) is 5.35. The van der Waals surface area contributed by atoms with Crippen LogP contribution in [0.15, 0.2) is 29.3 Å². The van der Waals surface area contributed by atoms with E-state index >= 15 is 0 Å². The van der Waals surface area contributed by atoms with Crippen molar-refractivity contribution in [3.63, 3.8) is 0 Å².